The topological polar surface area (TPSA) is 0 Å². The molecule has 0 radical (unpaired) electrons. The average molecular weight is 587 g/mol. The van der Waals surface area contributed by atoms with Crippen LogP contribution < -0.4 is 15.9 Å². The first kappa shape index (κ1) is 25.1. The second-order valence-electron chi connectivity index (χ2n) is 10.6. The molecule has 3 aromatic rings. The molecule has 1 aliphatic rings. The number of hydrogen-bond acceptors (Lipinski definition) is 0. The minimum atomic E-state index is -2.62. The maximum absolute atomic E-state index is 2.99. The van der Waals surface area contributed by atoms with Gasteiger partial charge in [-0.3, -0.25) is 0 Å². The second kappa shape index (κ2) is 10.8. The van der Waals surface area contributed by atoms with Gasteiger partial charge in [0.15, 0.2) is 0 Å². The standard InChI is InChI=1S/C30H40IPSi/c1-3-4-14-23-33(2)24-21-27(22-25-33)26-32(31,28-15-8-5-9-16-28,29-17-10-6-11-18-29)30-19-12-7-13-20-30/h5-13,15-20,27H,3-4,14,21-26H2,1-2H3. The Kier molecular flexibility index (Phi) is 8.19. The van der Waals surface area contributed by atoms with E-state index in [0.717, 1.165) is 5.92 Å². The van der Waals surface area contributed by atoms with Crippen molar-refractivity contribution in [2.45, 2.75) is 63.7 Å². The predicted octanol–water partition coefficient (Wildman–Crippen LogP) is 8.55. The molecular weight excluding hydrogens is 546 g/mol. The number of hydrogen-bond donors (Lipinski definition) is 0. The summed E-state index contributed by atoms with van der Waals surface area (Å²) in [4.78, 5) is 0. The van der Waals surface area contributed by atoms with Gasteiger partial charge in [0.1, 0.15) is 0 Å². The average Bonchev–Trinajstić information content (AvgIpc) is 2.87. The van der Waals surface area contributed by atoms with Gasteiger partial charge in [0.2, 0.25) is 0 Å². The number of rotatable bonds is 9. The summed E-state index contributed by atoms with van der Waals surface area (Å²) in [5.41, 5.74) is 0. The molecule has 3 heteroatoms. The van der Waals surface area contributed by atoms with Crippen molar-refractivity contribution in [3.8, 4) is 0 Å². The van der Waals surface area contributed by atoms with Crippen molar-refractivity contribution < 1.29 is 0 Å². The van der Waals surface area contributed by atoms with Crippen LogP contribution in [0.25, 0.3) is 0 Å². The Balaban J connectivity index is 1.74. The summed E-state index contributed by atoms with van der Waals surface area (Å²) >= 11 is 2.99. The third-order valence-electron chi connectivity index (χ3n) is 8.18. The quantitative estimate of drug-likeness (QED) is 0.102. The molecule has 0 N–H and O–H groups in total. The van der Waals surface area contributed by atoms with Crippen LogP contribution in [0.3, 0.4) is 0 Å². The van der Waals surface area contributed by atoms with Gasteiger partial charge in [0.05, 0.1) is 0 Å². The molecule has 0 unspecified atom stereocenters. The van der Waals surface area contributed by atoms with Crippen LogP contribution in [0.4, 0.5) is 0 Å². The minimum absolute atomic E-state index is 0.812. The fourth-order valence-corrected chi connectivity index (χ4v) is 19.9. The van der Waals surface area contributed by atoms with E-state index in [4.69, 9.17) is 0 Å². The Bertz CT molecular complexity index is 898. The fourth-order valence-electron chi connectivity index (χ4n) is 6.07. The van der Waals surface area contributed by atoms with Gasteiger partial charge in [-0.1, -0.05) is 0 Å². The first-order valence-electron chi connectivity index (χ1n) is 12.9. The van der Waals surface area contributed by atoms with E-state index in [0.29, 0.717) is 0 Å². The SMILES string of the molecule is CCCCC[Si]1(C)CCC(CP(I)(c2ccccc2)(c2ccccc2)c2ccccc2)CC1. The fraction of sp³-hybridized carbons (Fsp3) is 0.400. The molecule has 1 heterocycles. The Hall–Kier alpha value is -0.963. The van der Waals surface area contributed by atoms with E-state index in [1.165, 1.54) is 66.3 Å². The Morgan fingerprint density at radius 2 is 1.15 bits per heavy atom. The third-order valence-corrected chi connectivity index (χ3v) is 24.3. The Labute approximate surface area is 216 Å². The van der Waals surface area contributed by atoms with Crippen LogP contribution in [-0.4, -0.2) is 14.2 Å². The molecule has 33 heavy (non-hydrogen) atoms. The first-order chi connectivity index (χ1) is 16.0. The molecule has 176 valence electrons. The molecule has 0 aliphatic carbocycles. The second-order valence-corrected chi connectivity index (χ2v) is 26.4. The summed E-state index contributed by atoms with van der Waals surface area (Å²) in [5.74, 6) is 0.812. The van der Waals surface area contributed by atoms with Gasteiger partial charge in [0.25, 0.3) is 0 Å². The van der Waals surface area contributed by atoms with Crippen LogP contribution in [0, 0.1) is 5.92 Å². The van der Waals surface area contributed by atoms with Crippen LogP contribution in [-0.2, 0) is 0 Å². The van der Waals surface area contributed by atoms with Gasteiger partial charge in [-0.2, -0.15) is 0 Å². The monoisotopic (exact) mass is 586 g/mol. The van der Waals surface area contributed by atoms with E-state index >= 15 is 0 Å². The van der Waals surface area contributed by atoms with Crippen molar-refractivity contribution in [1.29, 1.82) is 0 Å². The van der Waals surface area contributed by atoms with Crippen molar-refractivity contribution in [2.24, 2.45) is 5.92 Å². The molecule has 4 rings (SSSR count). The predicted molar refractivity (Wildman–Crippen MR) is 162 cm³/mol. The normalized spacial score (nSPS) is 22.4. The molecule has 1 fully saturated rings. The van der Waals surface area contributed by atoms with Crippen LogP contribution in [0.2, 0.25) is 24.7 Å². The van der Waals surface area contributed by atoms with E-state index in [-0.39, 0.29) is 0 Å². The summed E-state index contributed by atoms with van der Waals surface area (Å²) < 4.78 is -2.62. The summed E-state index contributed by atoms with van der Waals surface area (Å²) in [6.07, 6.45) is 8.40. The van der Waals surface area contributed by atoms with Crippen LogP contribution >= 0.6 is 26.3 Å². The zero-order chi connectivity index (χ0) is 23.2. The van der Waals surface area contributed by atoms with Crippen LogP contribution in [0.5, 0.6) is 0 Å². The molecule has 0 bridgehead atoms. The summed E-state index contributed by atoms with van der Waals surface area (Å²) in [7, 11) is -1.04. The van der Waals surface area contributed by atoms with Crippen LogP contribution in [0.15, 0.2) is 91.0 Å². The van der Waals surface area contributed by atoms with E-state index in [9.17, 15) is 0 Å². The zero-order valence-corrected chi connectivity index (χ0v) is 24.5. The third kappa shape index (κ3) is 5.19. The van der Waals surface area contributed by atoms with Crippen molar-refractivity contribution in [1.82, 2.24) is 0 Å². The maximum atomic E-state index is 2.99. The summed E-state index contributed by atoms with van der Waals surface area (Å²) in [6.45, 7) is 5.04. The van der Waals surface area contributed by atoms with Gasteiger partial charge >= 0.3 is 217 Å². The first-order valence-corrected chi connectivity index (χ1v) is 21.2. The van der Waals surface area contributed by atoms with E-state index in [1.807, 2.05) is 0 Å². The van der Waals surface area contributed by atoms with Crippen molar-refractivity contribution >= 4 is 50.3 Å². The number of unbranched alkanes of at least 4 members (excludes halogenated alkanes) is 2. The van der Waals surface area contributed by atoms with Gasteiger partial charge in [-0.15, -0.1) is 0 Å². The van der Waals surface area contributed by atoms with Gasteiger partial charge < -0.3 is 0 Å². The van der Waals surface area contributed by atoms with E-state index < -0.39 is 12.3 Å². The molecule has 1 saturated heterocycles. The van der Waals surface area contributed by atoms with Gasteiger partial charge in [0, 0.05) is 0 Å². The molecule has 0 atom stereocenters. The molecular formula is C30H40IPSi. The van der Waals surface area contributed by atoms with Crippen LogP contribution in [0.1, 0.15) is 39.0 Å². The molecule has 0 spiro atoms. The van der Waals surface area contributed by atoms with E-state index in [1.54, 1.807) is 6.04 Å². The summed E-state index contributed by atoms with van der Waals surface area (Å²) in [5, 5.41) is 4.61. The molecule has 0 nitrogen and oxygen atoms in total. The van der Waals surface area contributed by atoms with Gasteiger partial charge in [-0.25, -0.2) is 0 Å². The van der Waals surface area contributed by atoms with Crippen molar-refractivity contribution in [2.75, 3.05) is 6.16 Å². The number of halogens is 1. The molecule has 1 aliphatic heterocycles. The molecule has 0 aromatic heterocycles. The Morgan fingerprint density at radius 1 is 0.727 bits per heavy atom. The zero-order valence-electron chi connectivity index (χ0n) is 20.4. The molecule has 3 aromatic carbocycles. The summed E-state index contributed by atoms with van der Waals surface area (Å²) in [6, 6.07) is 39.1. The van der Waals surface area contributed by atoms with Crippen molar-refractivity contribution in [3.63, 3.8) is 0 Å². The molecule has 0 saturated carbocycles. The van der Waals surface area contributed by atoms with E-state index in [2.05, 4.69) is 127 Å². The number of benzene rings is 3. The van der Waals surface area contributed by atoms with Crippen molar-refractivity contribution in [3.05, 3.63) is 91.0 Å². The van der Waals surface area contributed by atoms with Gasteiger partial charge in [-0.05, 0) is 0 Å². The molecule has 0 amide bonds. The Morgan fingerprint density at radius 3 is 1.55 bits per heavy atom.